The molecule has 1 rings (SSSR count). The van der Waals surface area contributed by atoms with Crippen LogP contribution in [0, 0.1) is 24.0 Å². The van der Waals surface area contributed by atoms with Gasteiger partial charge in [0.15, 0.2) is 17.4 Å². The van der Waals surface area contributed by atoms with Gasteiger partial charge >= 0.3 is 0 Å². The molecule has 0 N–H and O–H groups in total. The summed E-state index contributed by atoms with van der Waals surface area (Å²) in [5.74, 6) is 0.239. The molecule has 0 fully saturated rings. The average Bonchev–Trinajstić information content (AvgIpc) is 2.22. The van der Waals surface area contributed by atoms with E-state index in [2.05, 4.69) is 5.92 Å². The summed E-state index contributed by atoms with van der Waals surface area (Å²) >= 11 is 0. The van der Waals surface area contributed by atoms with Crippen molar-refractivity contribution in [3.8, 4) is 12.3 Å². The van der Waals surface area contributed by atoms with E-state index in [4.69, 9.17) is 6.42 Å². The first-order chi connectivity index (χ1) is 7.15. The van der Waals surface area contributed by atoms with Crippen molar-refractivity contribution < 1.29 is 13.6 Å². The summed E-state index contributed by atoms with van der Waals surface area (Å²) in [5, 5.41) is 0. The third-order valence-electron chi connectivity index (χ3n) is 1.97. The molecule has 0 atom stereocenters. The smallest absolute Gasteiger partial charge is 0.163 e. The Kier molecular flexibility index (Phi) is 3.99. The molecule has 0 aliphatic carbocycles. The second-order valence-corrected chi connectivity index (χ2v) is 3.11. The van der Waals surface area contributed by atoms with Crippen LogP contribution in [0.1, 0.15) is 29.6 Å². The summed E-state index contributed by atoms with van der Waals surface area (Å²) in [6, 6.07) is 3.13. The normalized spacial score (nSPS) is 9.67. The molecule has 0 heterocycles. The van der Waals surface area contributed by atoms with Gasteiger partial charge in [-0.05, 0) is 24.6 Å². The van der Waals surface area contributed by atoms with Gasteiger partial charge in [-0.25, -0.2) is 8.78 Å². The molecule has 0 spiro atoms. The molecule has 0 unspecified atom stereocenters. The Morgan fingerprint density at radius 2 is 2.07 bits per heavy atom. The highest BCUT2D eigenvalue weighted by atomic mass is 19.2. The van der Waals surface area contributed by atoms with Crippen LogP contribution in [0.15, 0.2) is 18.2 Å². The van der Waals surface area contributed by atoms with E-state index >= 15 is 0 Å². The Hall–Kier alpha value is -1.69. The van der Waals surface area contributed by atoms with Crippen LogP contribution in [-0.4, -0.2) is 5.78 Å². The molecule has 0 saturated carbocycles. The Morgan fingerprint density at radius 3 is 2.67 bits per heavy atom. The lowest BCUT2D eigenvalue weighted by Crippen LogP contribution is -2.00. The third kappa shape index (κ3) is 3.17. The van der Waals surface area contributed by atoms with E-state index in [0.717, 1.165) is 12.1 Å². The SMILES string of the molecule is C#CCCCC(=O)c1ccc(F)c(F)c1. The van der Waals surface area contributed by atoms with Crippen LogP contribution in [0.2, 0.25) is 0 Å². The van der Waals surface area contributed by atoms with Gasteiger partial charge in [-0.15, -0.1) is 12.3 Å². The second kappa shape index (κ2) is 5.26. The van der Waals surface area contributed by atoms with Crippen molar-refractivity contribution in [3.05, 3.63) is 35.4 Å². The Labute approximate surface area is 87.1 Å². The zero-order chi connectivity index (χ0) is 11.3. The molecule has 0 saturated heterocycles. The lowest BCUT2D eigenvalue weighted by Gasteiger charge is -2.00. The number of Topliss-reactive ketones (excluding diaryl/α,β-unsaturated/α-hetero) is 1. The van der Waals surface area contributed by atoms with Gasteiger partial charge in [-0.2, -0.15) is 0 Å². The van der Waals surface area contributed by atoms with Crippen LogP contribution in [0.5, 0.6) is 0 Å². The summed E-state index contributed by atoms with van der Waals surface area (Å²) in [5.41, 5.74) is 0.186. The van der Waals surface area contributed by atoms with Crippen molar-refractivity contribution in [1.82, 2.24) is 0 Å². The van der Waals surface area contributed by atoms with Crippen LogP contribution in [0.25, 0.3) is 0 Å². The van der Waals surface area contributed by atoms with Crippen LogP contribution in [-0.2, 0) is 0 Å². The second-order valence-electron chi connectivity index (χ2n) is 3.11. The van der Waals surface area contributed by atoms with Gasteiger partial charge in [-0.3, -0.25) is 4.79 Å². The number of hydrogen-bond donors (Lipinski definition) is 0. The first-order valence-corrected chi connectivity index (χ1v) is 4.57. The molecule has 3 heteroatoms. The van der Waals surface area contributed by atoms with E-state index in [1.165, 1.54) is 6.07 Å². The van der Waals surface area contributed by atoms with Gasteiger partial charge in [0.2, 0.25) is 0 Å². The molecule has 1 nitrogen and oxygen atoms in total. The van der Waals surface area contributed by atoms with Gasteiger partial charge in [0.25, 0.3) is 0 Å². The van der Waals surface area contributed by atoms with Crippen LogP contribution in [0.4, 0.5) is 8.78 Å². The van der Waals surface area contributed by atoms with E-state index < -0.39 is 11.6 Å². The third-order valence-corrected chi connectivity index (χ3v) is 1.97. The minimum atomic E-state index is -1.00. The maximum Gasteiger partial charge on any atom is 0.163 e. The fourth-order valence-electron chi connectivity index (χ4n) is 1.16. The molecule has 0 radical (unpaired) electrons. The molecule has 0 aromatic heterocycles. The maximum atomic E-state index is 12.8. The highest BCUT2D eigenvalue weighted by Crippen LogP contribution is 2.11. The van der Waals surface area contributed by atoms with E-state index in [1.807, 2.05) is 0 Å². The van der Waals surface area contributed by atoms with Crippen LogP contribution >= 0.6 is 0 Å². The molecule has 1 aromatic carbocycles. The summed E-state index contributed by atoms with van der Waals surface area (Å²) in [4.78, 5) is 11.4. The van der Waals surface area contributed by atoms with E-state index in [0.29, 0.717) is 12.8 Å². The largest absolute Gasteiger partial charge is 0.294 e. The number of benzene rings is 1. The molecule has 0 amide bonds. The Bertz CT molecular complexity index is 405. The fraction of sp³-hybridized carbons (Fsp3) is 0.250. The van der Waals surface area contributed by atoms with Gasteiger partial charge in [-0.1, -0.05) is 0 Å². The van der Waals surface area contributed by atoms with Crippen LogP contribution < -0.4 is 0 Å². The molecule has 0 bridgehead atoms. The van der Waals surface area contributed by atoms with Gasteiger partial charge < -0.3 is 0 Å². The first-order valence-electron chi connectivity index (χ1n) is 4.57. The predicted molar refractivity (Wildman–Crippen MR) is 53.4 cm³/mol. The molecule has 1 aromatic rings. The average molecular weight is 208 g/mol. The highest BCUT2D eigenvalue weighted by molar-refractivity contribution is 5.96. The number of carbonyl (C=O) groups is 1. The van der Waals surface area contributed by atoms with Gasteiger partial charge in [0, 0.05) is 18.4 Å². The molecular formula is C12H10F2O. The van der Waals surface area contributed by atoms with Crippen molar-refractivity contribution in [2.24, 2.45) is 0 Å². The zero-order valence-electron chi connectivity index (χ0n) is 8.09. The maximum absolute atomic E-state index is 12.8. The van der Waals surface area contributed by atoms with Crippen molar-refractivity contribution >= 4 is 5.78 Å². The number of carbonyl (C=O) groups excluding carboxylic acids is 1. The standard InChI is InChI=1S/C12H10F2O/c1-2-3-4-5-12(15)9-6-7-10(13)11(14)8-9/h1,6-8H,3-5H2. The number of hydrogen-bond acceptors (Lipinski definition) is 1. The fourth-order valence-corrected chi connectivity index (χ4v) is 1.16. The van der Waals surface area contributed by atoms with Crippen molar-refractivity contribution in [2.45, 2.75) is 19.3 Å². The number of terminal acetylenes is 1. The summed E-state index contributed by atoms with van der Waals surface area (Å²) < 4.78 is 25.3. The summed E-state index contributed by atoms with van der Waals surface area (Å²) in [6.45, 7) is 0. The number of ketones is 1. The van der Waals surface area contributed by atoms with Gasteiger partial charge in [0.05, 0.1) is 0 Å². The van der Waals surface area contributed by atoms with Gasteiger partial charge in [0.1, 0.15) is 0 Å². The monoisotopic (exact) mass is 208 g/mol. The van der Waals surface area contributed by atoms with E-state index in [1.54, 1.807) is 0 Å². The molecular weight excluding hydrogens is 198 g/mol. The summed E-state index contributed by atoms with van der Waals surface area (Å²) in [7, 11) is 0. The number of halogens is 2. The minimum Gasteiger partial charge on any atom is -0.294 e. The topological polar surface area (TPSA) is 17.1 Å². The lowest BCUT2D eigenvalue weighted by molar-refractivity contribution is 0.0980. The number of rotatable bonds is 4. The summed E-state index contributed by atoms with van der Waals surface area (Å²) in [6.07, 6.45) is 6.36. The van der Waals surface area contributed by atoms with Crippen molar-refractivity contribution in [3.63, 3.8) is 0 Å². The molecule has 15 heavy (non-hydrogen) atoms. The predicted octanol–water partition coefficient (Wildman–Crippen LogP) is 2.95. The minimum absolute atomic E-state index is 0.186. The molecule has 0 aliphatic heterocycles. The molecule has 0 aliphatic rings. The van der Waals surface area contributed by atoms with E-state index in [9.17, 15) is 13.6 Å². The highest BCUT2D eigenvalue weighted by Gasteiger charge is 2.08. The Balaban J connectivity index is 2.67. The Morgan fingerprint density at radius 1 is 1.33 bits per heavy atom. The first kappa shape index (κ1) is 11.4. The zero-order valence-corrected chi connectivity index (χ0v) is 8.09. The molecule has 78 valence electrons. The lowest BCUT2D eigenvalue weighted by atomic mass is 10.1. The van der Waals surface area contributed by atoms with Crippen molar-refractivity contribution in [1.29, 1.82) is 0 Å². The van der Waals surface area contributed by atoms with Crippen molar-refractivity contribution in [2.75, 3.05) is 0 Å². The van der Waals surface area contributed by atoms with Crippen LogP contribution in [0.3, 0.4) is 0 Å². The number of unbranched alkanes of at least 4 members (excludes halogenated alkanes) is 1. The van der Waals surface area contributed by atoms with E-state index in [-0.39, 0.29) is 17.8 Å². The quantitative estimate of drug-likeness (QED) is 0.422.